The standard InChI is InChI=1S/C21H28N10.ClHO4.Co/c1-16-10-19(28-25-16)13-22-4-7-31(8-5-23-14-20-11-17(2)26-29-20)9-6-24-15-21-12-18(3)27-30-21;2-1(3,4)5;/h10-15H,4-9H2,1-3H3,(H-2,25,26,27,28,29,30);(H,2,3,4,5);/q-2;;+3/p-1. The first-order valence-electron chi connectivity index (χ1n) is 10.9. The number of aliphatic imine (C=N–C) groups is 3. The summed E-state index contributed by atoms with van der Waals surface area (Å²) in [5.41, 5.74) is 5.24. The number of hydrogen-bond donors (Lipinski definition) is 1. The van der Waals surface area contributed by atoms with Gasteiger partial charge in [0.05, 0.1) is 25.3 Å². The van der Waals surface area contributed by atoms with Gasteiger partial charge in [-0.1, -0.05) is 19.1 Å². The van der Waals surface area contributed by atoms with Crippen LogP contribution in [0.15, 0.2) is 33.2 Å². The van der Waals surface area contributed by atoms with Crippen LogP contribution in [0.25, 0.3) is 0 Å². The average Bonchev–Trinajstić information content (AvgIpc) is 3.51. The summed E-state index contributed by atoms with van der Waals surface area (Å²) in [6, 6.07) is 5.79. The van der Waals surface area contributed by atoms with Gasteiger partial charge in [0.1, 0.15) is 5.69 Å². The Balaban J connectivity index is 0.00000104. The van der Waals surface area contributed by atoms with Crippen LogP contribution < -0.4 is 28.8 Å². The molecular formula is C21H28ClCoN10O4. The minimum atomic E-state index is -4.94. The van der Waals surface area contributed by atoms with Crippen LogP contribution in [0.2, 0.25) is 0 Å². The van der Waals surface area contributed by atoms with Gasteiger partial charge in [0.15, 0.2) is 0 Å². The van der Waals surface area contributed by atoms with Crippen molar-refractivity contribution in [1.82, 2.24) is 35.5 Å². The van der Waals surface area contributed by atoms with Gasteiger partial charge in [-0.05, 0) is 19.9 Å². The Morgan fingerprint density at radius 2 is 1.41 bits per heavy atom. The first kappa shape index (κ1) is 32.3. The Labute approximate surface area is 227 Å². The van der Waals surface area contributed by atoms with Gasteiger partial charge in [-0.15, -0.1) is 21.6 Å². The van der Waals surface area contributed by atoms with Crippen LogP contribution in [0, 0.1) is 31.0 Å². The van der Waals surface area contributed by atoms with Crippen LogP contribution >= 0.6 is 0 Å². The summed E-state index contributed by atoms with van der Waals surface area (Å²) in [7, 11) is -4.94. The number of aromatic amines is 1. The Hall–Kier alpha value is -2.76. The zero-order valence-electron chi connectivity index (χ0n) is 20.6. The molecule has 0 aromatic carbocycles. The Morgan fingerprint density at radius 3 is 1.86 bits per heavy atom. The molecule has 202 valence electrons. The number of nitrogens with zero attached hydrogens (tertiary/aromatic N) is 9. The van der Waals surface area contributed by atoms with Crippen LogP contribution in [-0.2, 0) is 16.8 Å². The average molecular weight is 579 g/mol. The van der Waals surface area contributed by atoms with Gasteiger partial charge in [0.25, 0.3) is 0 Å². The molecule has 0 spiro atoms. The first-order chi connectivity index (χ1) is 17.1. The van der Waals surface area contributed by atoms with E-state index in [-0.39, 0.29) is 16.8 Å². The summed E-state index contributed by atoms with van der Waals surface area (Å²) in [6.07, 6.45) is 5.33. The van der Waals surface area contributed by atoms with Crippen molar-refractivity contribution >= 4 is 18.6 Å². The van der Waals surface area contributed by atoms with Crippen LogP contribution in [0.1, 0.15) is 34.2 Å². The van der Waals surface area contributed by atoms with Crippen molar-refractivity contribution in [2.45, 2.75) is 20.8 Å². The third-order valence-corrected chi connectivity index (χ3v) is 4.39. The molecule has 0 aliphatic heterocycles. The van der Waals surface area contributed by atoms with Crippen molar-refractivity contribution in [3.63, 3.8) is 0 Å². The third kappa shape index (κ3) is 15.8. The molecular weight excluding hydrogens is 551 g/mol. The van der Waals surface area contributed by atoms with E-state index in [1.54, 1.807) is 18.6 Å². The predicted molar refractivity (Wildman–Crippen MR) is 122 cm³/mol. The van der Waals surface area contributed by atoms with Crippen LogP contribution in [0.5, 0.6) is 0 Å². The van der Waals surface area contributed by atoms with Gasteiger partial charge in [-0.2, -0.15) is 5.10 Å². The maximum absolute atomic E-state index is 8.49. The molecule has 0 unspecified atom stereocenters. The predicted octanol–water partition coefficient (Wildman–Crippen LogP) is -3.76. The maximum Gasteiger partial charge on any atom is 3.00 e. The Bertz CT molecular complexity index is 988. The van der Waals surface area contributed by atoms with E-state index >= 15 is 0 Å². The molecule has 0 atom stereocenters. The monoisotopic (exact) mass is 578 g/mol. The largest absolute Gasteiger partial charge is 3.00 e. The van der Waals surface area contributed by atoms with E-state index in [0.29, 0.717) is 19.6 Å². The first-order valence-corrected chi connectivity index (χ1v) is 12.1. The minimum absolute atomic E-state index is 0. The summed E-state index contributed by atoms with van der Waals surface area (Å²) in [4.78, 5) is 15.7. The number of aromatic nitrogens is 6. The molecule has 1 N–H and O–H groups in total. The summed E-state index contributed by atoms with van der Waals surface area (Å²) in [6.45, 7) is 10.3. The second-order valence-electron chi connectivity index (χ2n) is 7.62. The molecule has 14 nitrogen and oxygen atoms in total. The topological polar surface area (TPSA) is 215 Å². The summed E-state index contributed by atoms with van der Waals surface area (Å²) in [5.74, 6) is 0. The van der Waals surface area contributed by atoms with Crippen LogP contribution in [-0.4, -0.2) is 83.2 Å². The van der Waals surface area contributed by atoms with Crippen molar-refractivity contribution < 1.29 is 45.7 Å². The van der Waals surface area contributed by atoms with Gasteiger partial charge in [0, 0.05) is 49.7 Å². The fourth-order valence-electron chi connectivity index (χ4n) is 2.86. The summed E-state index contributed by atoms with van der Waals surface area (Å²) in [5, 5.41) is 23.1. The van der Waals surface area contributed by atoms with E-state index in [2.05, 4.69) is 50.5 Å². The zero-order valence-corrected chi connectivity index (χ0v) is 22.4. The van der Waals surface area contributed by atoms with Crippen molar-refractivity contribution in [1.29, 1.82) is 0 Å². The second kappa shape index (κ2) is 16.9. The molecule has 0 fully saturated rings. The van der Waals surface area contributed by atoms with E-state index in [1.807, 2.05) is 39.0 Å². The third-order valence-electron chi connectivity index (χ3n) is 4.39. The van der Waals surface area contributed by atoms with Gasteiger partial charge in [-0.25, -0.2) is 18.6 Å². The van der Waals surface area contributed by atoms with Gasteiger partial charge >= 0.3 is 16.8 Å². The number of rotatable bonds is 12. The van der Waals surface area contributed by atoms with Crippen LogP contribution in [0.3, 0.4) is 0 Å². The Kier molecular flexibility index (Phi) is 14.7. The molecule has 16 heteroatoms. The van der Waals surface area contributed by atoms with Gasteiger partial charge in [-0.3, -0.25) is 25.0 Å². The fraction of sp³-hybridized carbons (Fsp3) is 0.429. The molecule has 0 aliphatic rings. The van der Waals surface area contributed by atoms with E-state index in [0.717, 1.165) is 53.8 Å². The Morgan fingerprint density at radius 1 is 0.838 bits per heavy atom. The number of H-pyrrole nitrogens is 1. The number of hydrogen-bond acceptors (Lipinski definition) is 11. The van der Waals surface area contributed by atoms with Gasteiger partial charge < -0.3 is 20.4 Å². The van der Waals surface area contributed by atoms with E-state index in [9.17, 15) is 0 Å². The number of nitrogens with one attached hydrogen (secondary N) is 1. The number of halogens is 1. The molecule has 0 saturated heterocycles. The van der Waals surface area contributed by atoms with Crippen molar-refractivity contribution in [3.05, 3.63) is 52.4 Å². The van der Waals surface area contributed by atoms with Crippen molar-refractivity contribution in [3.8, 4) is 0 Å². The molecule has 0 aliphatic carbocycles. The molecule has 0 saturated carbocycles. The fourth-order valence-corrected chi connectivity index (χ4v) is 2.86. The molecule has 0 radical (unpaired) electrons. The molecule has 3 aromatic rings. The smallest absolute Gasteiger partial charge is 0.579 e. The van der Waals surface area contributed by atoms with Crippen molar-refractivity contribution in [2.24, 2.45) is 15.0 Å². The van der Waals surface area contributed by atoms with E-state index in [4.69, 9.17) is 18.6 Å². The van der Waals surface area contributed by atoms with E-state index in [1.165, 1.54) is 0 Å². The maximum atomic E-state index is 8.49. The summed E-state index contributed by atoms with van der Waals surface area (Å²) >= 11 is 0. The number of aryl methyl sites for hydroxylation is 3. The minimum Gasteiger partial charge on any atom is -0.579 e. The second-order valence-corrected chi connectivity index (χ2v) is 8.38. The molecule has 3 rings (SSSR count). The zero-order chi connectivity index (χ0) is 26.4. The van der Waals surface area contributed by atoms with E-state index < -0.39 is 10.2 Å². The molecule has 0 bridgehead atoms. The normalized spacial score (nSPS) is 12.0. The summed E-state index contributed by atoms with van der Waals surface area (Å²) < 4.78 is 34.0. The molecule has 37 heavy (non-hydrogen) atoms. The molecule has 3 aromatic heterocycles. The molecule has 3 heterocycles. The SMILES string of the molecule is Cc1cc(C=NCCN(CCN=Cc2cc(C)[n-]n2)CCN=Cc2cc(C)[nH]n2)[n-]n1.[Co+3].[O-][Cl+3]([O-])([O-])[O-]. The quantitative estimate of drug-likeness (QED) is 0.207. The van der Waals surface area contributed by atoms with Crippen molar-refractivity contribution in [2.75, 3.05) is 39.3 Å². The van der Waals surface area contributed by atoms with Crippen LogP contribution in [0.4, 0.5) is 0 Å². The van der Waals surface area contributed by atoms with Gasteiger partial charge in [0.2, 0.25) is 0 Å². The molecule has 0 amide bonds.